The second kappa shape index (κ2) is 11.1. The molecule has 150 valence electrons. The van der Waals surface area contributed by atoms with Crippen molar-refractivity contribution in [1.82, 2.24) is 0 Å². The molecular weight excluding hydrogens is 380 g/mol. The number of hydrogen-bond donors (Lipinski definition) is 2. The SMILES string of the molecule is NC(=S)Nc1cccc(OCCCCCOc2cccc(-c3ccccc3)c2)c1. The molecule has 0 saturated heterocycles. The highest BCUT2D eigenvalue weighted by Crippen LogP contribution is 2.23. The van der Waals surface area contributed by atoms with E-state index in [2.05, 4.69) is 29.6 Å². The van der Waals surface area contributed by atoms with Crippen LogP contribution in [0.4, 0.5) is 5.69 Å². The van der Waals surface area contributed by atoms with E-state index in [-0.39, 0.29) is 5.11 Å². The lowest BCUT2D eigenvalue weighted by molar-refractivity contribution is 0.279. The van der Waals surface area contributed by atoms with Crippen LogP contribution in [-0.4, -0.2) is 18.3 Å². The van der Waals surface area contributed by atoms with E-state index < -0.39 is 0 Å². The number of nitrogens with two attached hydrogens (primary N) is 1. The summed E-state index contributed by atoms with van der Waals surface area (Å²) in [5.74, 6) is 1.71. The Morgan fingerprint density at radius 1 is 0.724 bits per heavy atom. The predicted molar refractivity (Wildman–Crippen MR) is 124 cm³/mol. The third-order valence-corrected chi connectivity index (χ3v) is 4.47. The Hall–Kier alpha value is -3.05. The van der Waals surface area contributed by atoms with E-state index in [1.165, 1.54) is 11.1 Å². The Labute approximate surface area is 177 Å². The van der Waals surface area contributed by atoms with Crippen molar-refractivity contribution >= 4 is 23.0 Å². The smallest absolute Gasteiger partial charge is 0.168 e. The molecule has 4 nitrogen and oxygen atoms in total. The van der Waals surface area contributed by atoms with Crippen LogP contribution in [0.2, 0.25) is 0 Å². The van der Waals surface area contributed by atoms with Crippen LogP contribution in [0.25, 0.3) is 11.1 Å². The molecule has 0 amide bonds. The van der Waals surface area contributed by atoms with Crippen molar-refractivity contribution in [3.63, 3.8) is 0 Å². The third kappa shape index (κ3) is 7.12. The number of thiocarbonyl (C=S) groups is 1. The van der Waals surface area contributed by atoms with Gasteiger partial charge in [-0.25, -0.2) is 0 Å². The normalized spacial score (nSPS) is 10.3. The van der Waals surface area contributed by atoms with Crippen LogP contribution in [0.15, 0.2) is 78.9 Å². The van der Waals surface area contributed by atoms with Gasteiger partial charge in [-0.3, -0.25) is 0 Å². The highest BCUT2D eigenvalue weighted by atomic mass is 32.1. The van der Waals surface area contributed by atoms with E-state index in [1.807, 2.05) is 54.6 Å². The Bertz CT molecular complexity index is 916. The lowest BCUT2D eigenvalue weighted by Gasteiger charge is -2.10. The van der Waals surface area contributed by atoms with Crippen LogP contribution in [-0.2, 0) is 0 Å². The van der Waals surface area contributed by atoms with Crippen LogP contribution >= 0.6 is 12.2 Å². The molecule has 0 atom stereocenters. The Morgan fingerprint density at radius 2 is 1.34 bits per heavy atom. The minimum Gasteiger partial charge on any atom is -0.494 e. The molecule has 3 aromatic carbocycles. The van der Waals surface area contributed by atoms with Gasteiger partial charge in [-0.1, -0.05) is 48.5 Å². The summed E-state index contributed by atoms with van der Waals surface area (Å²) >= 11 is 4.85. The largest absolute Gasteiger partial charge is 0.494 e. The topological polar surface area (TPSA) is 56.5 Å². The Morgan fingerprint density at radius 3 is 2.03 bits per heavy atom. The molecule has 0 spiro atoms. The molecule has 5 heteroatoms. The van der Waals surface area contributed by atoms with Gasteiger partial charge in [0.15, 0.2) is 5.11 Å². The predicted octanol–water partition coefficient (Wildman–Crippen LogP) is 5.64. The van der Waals surface area contributed by atoms with Gasteiger partial charge in [0.05, 0.1) is 13.2 Å². The summed E-state index contributed by atoms with van der Waals surface area (Å²) in [5, 5.41) is 3.15. The summed E-state index contributed by atoms with van der Waals surface area (Å²) in [6, 6.07) is 26.2. The standard InChI is InChI=1S/C24H26N2O2S/c25-24(29)26-21-12-8-14-23(18-21)28-16-6-2-5-15-27-22-13-7-11-20(17-22)19-9-3-1-4-10-19/h1,3-4,7-14,17-18H,2,5-6,15-16H2,(H3,25,26,29). The number of rotatable bonds is 10. The molecule has 0 unspecified atom stereocenters. The highest BCUT2D eigenvalue weighted by molar-refractivity contribution is 7.80. The van der Waals surface area contributed by atoms with E-state index in [0.717, 1.165) is 36.4 Å². The minimum atomic E-state index is 0.247. The van der Waals surface area contributed by atoms with Crippen LogP contribution in [0, 0.1) is 0 Å². The molecule has 0 heterocycles. The van der Waals surface area contributed by atoms with Gasteiger partial charge in [-0.05, 0) is 66.9 Å². The number of ether oxygens (including phenoxy) is 2. The van der Waals surface area contributed by atoms with Crippen molar-refractivity contribution in [2.24, 2.45) is 5.73 Å². The maximum absolute atomic E-state index is 5.91. The molecule has 0 aromatic heterocycles. The van der Waals surface area contributed by atoms with E-state index in [4.69, 9.17) is 27.4 Å². The van der Waals surface area contributed by atoms with E-state index >= 15 is 0 Å². The molecular formula is C24H26N2O2S. The molecule has 0 aliphatic rings. The van der Waals surface area contributed by atoms with Gasteiger partial charge in [0.2, 0.25) is 0 Å². The zero-order valence-electron chi connectivity index (χ0n) is 16.3. The van der Waals surface area contributed by atoms with Gasteiger partial charge in [-0.2, -0.15) is 0 Å². The van der Waals surface area contributed by atoms with Crippen LogP contribution in [0.5, 0.6) is 11.5 Å². The average molecular weight is 407 g/mol. The maximum Gasteiger partial charge on any atom is 0.168 e. The van der Waals surface area contributed by atoms with Gasteiger partial charge in [0.25, 0.3) is 0 Å². The molecule has 3 N–H and O–H groups in total. The Balaban J connectivity index is 1.34. The van der Waals surface area contributed by atoms with Crippen LogP contribution in [0.3, 0.4) is 0 Å². The quantitative estimate of drug-likeness (QED) is 0.337. The van der Waals surface area contributed by atoms with E-state index in [9.17, 15) is 0 Å². The monoisotopic (exact) mass is 406 g/mol. The van der Waals surface area contributed by atoms with Gasteiger partial charge in [0.1, 0.15) is 11.5 Å². The van der Waals surface area contributed by atoms with Crippen molar-refractivity contribution < 1.29 is 9.47 Å². The van der Waals surface area contributed by atoms with Crippen LogP contribution in [0.1, 0.15) is 19.3 Å². The highest BCUT2D eigenvalue weighted by Gasteiger charge is 2.01. The molecule has 0 bridgehead atoms. The fraction of sp³-hybridized carbons (Fsp3) is 0.208. The fourth-order valence-electron chi connectivity index (χ4n) is 2.96. The summed E-state index contributed by atoms with van der Waals surface area (Å²) in [4.78, 5) is 0. The lowest BCUT2D eigenvalue weighted by atomic mass is 10.1. The molecule has 0 radical (unpaired) electrons. The number of hydrogen-bond acceptors (Lipinski definition) is 3. The minimum absolute atomic E-state index is 0.247. The zero-order valence-corrected chi connectivity index (χ0v) is 17.2. The zero-order chi connectivity index (χ0) is 20.3. The summed E-state index contributed by atoms with van der Waals surface area (Å²) in [5.41, 5.74) is 8.69. The second-order valence-corrected chi connectivity index (χ2v) is 7.11. The van der Waals surface area contributed by atoms with E-state index in [0.29, 0.717) is 13.2 Å². The number of benzene rings is 3. The first-order valence-electron chi connectivity index (χ1n) is 9.78. The van der Waals surface area contributed by atoms with Crippen molar-refractivity contribution in [3.05, 3.63) is 78.9 Å². The van der Waals surface area contributed by atoms with E-state index in [1.54, 1.807) is 0 Å². The van der Waals surface area contributed by atoms with Gasteiger partial charge >= 0.3 is 0 Å². The lowest BCUT2D eigenvalue weighted by Crippen LogP contribution is -2.18. The van der Waals surface area contributed by atoms with Crippen molar-refractivity contribution in [2.75, 3.05) is 18.5 Å². The van der Waals surface area contributed by atoms with Crippen molar-refractivity contribution in [3.8, 4) is 22.6 Å². The maximum atomic E-state index is 5.91. The van der Waals surface area contributed by atoms with Crippen LogP contribution < -0.4 is 20.5 Å². The van der Waals surface area contributed by atoms with Gasteiger partial charge in [-0.15, -0.1) is 0 Å². The first-order chi connectivity index (χ1) is 14.2. The van der Waals surface area contributed by atoms with Crippen molar-refractivity contribution in [2.45, 2.75) is 19.3 Å². The number of unbranched alkanes of at least 4 members (excludes halogenated alkanes) is 2. The van der Waals surface area contributed by atoms with Crippen molar-refractivity contribution in [1.29, 1.82) is 0 Å². The van der Waals surface area contributed by atoms with Gasteiger partial charge < -0.3 is 20.5 Å². The first-order valence-corrected chi connectivity index (χ1v) is 10.2. The summed E-state index contributed by atoms with van der Waals surface area (Å²) in [6.07, 6.45) is 3.01. The Kier molecular flexibility index (Phi) is 7.90. The first kappa shape index (κ1) is 20.7. The summed E-state index contributed by atoms with van der Waals surface area (Å²) in [7, 11) is 0. The third-order valence-electron chi connectivity index (χ3n) is 4.37. The second-order valence-electron chi connectivity index (χ2n) is 6.67. The molecule has 3 rings (SSSR count). The fourth-order valence-corrected chi connectivity index (χ4v) is 3.08. The summed E-state index contributed by atoms with van der Waals surface area (Å²) < 4.78 is 11.7. The molecule has 0 aliphatic heterocycles. The van der Waals surface area contributed by atoms with Gasteiger partial charge in [0, 0.05) is 11.8 Å². The summed E-state index contributed by atoms with van der Waals surface area (Å²) in [6.45, 7) is 1.37. The molecule has 0 fully saturated rings. The average Bonchev–Trinajstić information content (AvgIpc) is 2.74. The number of nitrogens with one attached hydrogen (secondary N) is 1. The number of anilines is 1. The molecule has 0 saturated carbocycles. The molecule has 3 aromatic rings. The molecule has 0 aliphatic carbocycles. The molecule has 29 heavy (non-hydrogen) atoms.